The monoisotopic (exact) mass is 481 g/mol. The van der Waals surface area contributed by atoms with Crippen molar-refractivity contribution >= 4 is 23.1 Å². The number of hydrogen-bond donors (Lipinski definition) is 0. The van der Waals surface area contributed by atoms with Crippen LogP contribution in [-0.2, 0) is 0 Å². The van der Waals surface area contributed by atoms with Gasteiger partial charge in [-0.1, -0.05) is 37.6 Å². The average molecular weight is 482 g/mol. The van der Waals surface area contributed by atoms with Crippen LogP contribution in [-0.4, -0.2) is 32.1 Å². The van der Waals surface area contributed by atoms with Crippen LogP contribution < -0.4 is 4.74 Å². The first kappa shape index (κ1) is 22.2. The zero-order chi connectivity index (χ0) is 22.8. The minimum absolute atomic E-state index is 0.0447. The lowest BCUT2D eigenvalue weighted by molar-refractivity contribution is 0.247. The maximum absolute atomic E-state index is 5.98. The van der Waals surface area contributed by atoms with Gasteiger partial charge in [-0.05, 0) is 61.4 Å². The van der Waals surface area contributed by atoms with Crippen LogP contribution in [0.15, 0.2) is 51.4 Å². The summed E-state index contributed by atoms with van der Waals surface area (Å²) < 4.78 is 13.7. The molecule has 1 aromatic carbocycles. The van der Waals surface area contributed by atoms with Gasteiger partial charge in [-0.3, -0.25) is 4.57 Å². The second kappa shape index (κ2) is 9.69. The van der Waals surface area contributed by atoms with Crippen LogP contribution in [0.4, 0.5) is 0 Å². The molecule has 4 aromatic rings. The van der Waals surface area contributed by atoms with Crippen molar-refractivity contribution in [1.29, 1.82) is 0 Å². The Morgan fingerprint density at radius 3 is 2.64 bits per heavy atom. The summed E-state index contributed by atoms with van der Waals surface area (Å²) in [5, 5.41) is 20.7. The summed E-state index contributed by atoms with van der Waals surface area (Å²) in [6, 6.07) is 12.4. The normalized spacial score (nSPS) is 19.5. The molecule has 7 nitrogen and oxygen atoms in total. The van der Waals surface area contributed by atoms with E-state index in [2.05, 4.69) is 50.9 Å². The van der Waals surface area contributed by atoms with Gasteiger partial charge in [0, 0.05) is 11.6 Å². The van der Waals surface area contributed by atoms with Crippen molar-refractivity contribution in [3.05, 3.63) is 47.7 Å². The lowest BCUT2D eigenvalue weighted by Crippen LogP contribution is -2.22. The summed E-state index contributed by atoms with van der Waals surface area (Å²) in [6.07, 6.45) is 4.86. The molecule has 33 heavy (non-hydrogen) atoms. The van der Waals surface area contributed by atoms with Crippen LogP contribution in [0.5, 0.6) is 5.75 Å². The Morgan fingerprint density at radius 1 is 1.09 bits per heavy atom. The van der Waals surface area contributed by atoms with Gasteiger partial charge in [0.1, 0.15) is 5.75 Å². The van der Waals surface area contributed by atoms with Crippen LogP contribution >= 0.6 is 23.1 Å². The van der Waals surface area contributed by atoms with Crippen LogP contribution in [0.25, 0.3) is 22.2 Å². The quantitative estimate of drug-likeness (QED) is 0.273. The van der Waals surface area contributed by atoms with Gasteiger partial charge < -0.3 is 9.15 Å². The predicted molar refractivity (Wildman–Crippen MR) is 131 cm³/mol. The SMILES string of the molecule is COc1ccc(-c2nnc(S[C@H](C)c3nnc(-c4cccs4)o3)n2[C@H]2CCCC[C@@H]2C)cc1. The molecule has 0 spiro atoms. The molecule has 0 unspecified atom stereocenters. The Balaban J connectivity index is 1.47. The van der Waals surface area contributed by atoms with Gasteiger partial charge in [-0.2, -0.15) is 0 Å². The summed E-state index contributed by atoms with van der Waals surface area (Å²) in [5.41, 5.74) is 1.04. The Kier molecular flexibility index (Phi) is 6.50. The molecule has 9 heteroatoms. The molecular formula is C24H27N5O2S2. The van der Waals surface area contributed by atoms with Gasteiger partial charge in [0.2, 0.25) is 5.89 Å². The summed E-state index contributed by atoms with van der Waals surface area (Å²) in [5.74, 6) is 3.46. The van der Waals surface area contributed by atoms with E-state index in [1.165, 1.54) is 19.3 Å². The molecule has 3 heterocycles. The second-order valence-electron chi connectivity index (χ2n) is 8.42. The highest BCUT2D eigenvalue weighted by atomic mass is 32.2. The van der Waals surface area contributed by atoms with Gasteiger partial charge in [0.25, 0.3) is 5.89 Å². The smallest absolute Gasteiger partial charge is 0.257 e. The summed E-state index contributed by atoms with van der Waals surface area (Å²) in [6.45, 7) is 4.41. The Labute approximate surface area is 201 Å². The number of rotatable bonds is 7. The lowest BCUT2D eigenvalue weighted by atomic mass is 9.85. The number of ether oxygens (including phenoxy) is 1. The van der Waals surface area contributed by atoms with Crippen molar-refractivity contribution in [3.8, 4) is 27.9 Å². The molecule has 0 N–H and O–H groups in total. The van der Waals surface area contributed by atoms with E-state index in [4.69, 9.17) is 9.15 Å². The van der Waals surface area contributed by atoms with E-state index in [0.717, 1.165) is 33.6 Å². The third-order valence-electron chi connectivity index (χ3n) is 6.21. The largest absolute Gasteiger partial charge is 0.497 e. The first-order valence-corrected chi connectivity index (χ1v) is 13.0. The van der Waals surface area contributed by atoms with E-state index in [-0.39, 0.29) is 5.25 Å². The van der Waals surface area contributed by atoms with Gasteiger partial charge in [0.15, 0.2) is 11.0 Å². The molecule has 172 valence electrons. The number of methoxy groups -OCH3 is 1. The minimum atomic E-state index is -0.0447. The molecule has 0 amide bonds. The molecule has 0 bridgehead atoms. The molecule has 0 aliphatic heterocycles. The summed E-state index contributed by atoms with van der Waals surface area (Å²) in [4.78, 5) is 0.979. The third-order valence-corrected chi connectivity index (χ3v) is 8.12. The van der Waals surface area contributed by atoms with Crippen LogP contribution in [0.2, 0.25) is 0 Å². The van der Waals surface area contributed by atoms with Crippen LogP contribution in [0.1, 0.15) is 56.7 Å². The van der Waals surface area contributed by atoms with Crippen LogP contribution in [0.3, 0.4) is 0 Å². The summed E-state index contributed by atoms with van der Waals surface area (Å²) >= 11 is 3.22. The molecule has 1 aliphatic carbocycles. The first-order valence-electron chi connectivity index (χ1n) is 11.3. The van der Waals surface area contributed by atoms with Crippen molar-refractivity contribution in [2.45, 2.75) is 56.0 Å². The molecule has 1 saturated carbocycles. The maximum atomic E-state index is 5.98. The topological polar surface area (TPSA) is 78.9 Å². The van der Waals surface area contributed by atoms with Gasteiger partial charge in [-0.15, -0.1) is 31.7 Å². The standard InChI is InChI=1S/C24H27N5O2S2/c1-15-7-4-5-8-19(15)29-21(17-10-12-18(30-3)13-11-17)25-28-24(29)33-16(2)22-26-27-23(31-22)20-9-6-14-32-20/h6,9-16,19H,4-5,7-8H2,1-3H3/t15-,16+,19-/m0/s1. The van der Waals surface area contributed by atoms with Gasteiger partial charge in [-0.25, -0.2) is 0 Å². The highest BCUT2D eigenvalue weighted by molar-refractivity contribution is 7.99. The molecule has 1 aliphatic rings. The Bertz CT molecular complexity index is 1190. The van der Waals surface area contributed by atoms with E-state index < -0.39 is 0 Å². The van der Waals surface area contributed by atoms with E-state index >= 15 is 0 Å². The fourth-order valence-corrected chi connectivity index (χ4v) is 5.96. The second-order valence-corrected chi connectivity index (χ2v) is 10.7. The zero-order valence-corrected chi connectivity index (χ0v) is 20.6. The van der Waals surface area contributed by atoms with Crippen molar-refractivity contribution < 1.29 is 9.15 Å². The van der Waals surface area contributed by atoms with Crippen molar-refractivity contribution in [3.63, 3.8) is 0 Å². The lowest BCUT2D eigenvalue weighted by Gasteiger charge is -2.31. The first-order chi connectivity index (χ1) is 16.1. The van der Waals surface area contributed by atoms with Crippen molar-refractivity contribution in [2.75, 3.05) is 7.11 Å². The molecule has 0 radical (unpaired) electrons. The fourth-order valence-electron chi connectivity index (χ4n) is 4.38. The van der Waals surface area contributed by atoms with Crippen molar-refractivity contribution in [1.82, 2.24) is 25.0 Å². The van der Waals surface area contributed by atoms with E-state index in [0.29, 0.717) is 23.7 Å². The van der Waals surface area contributed by atoms with E-state index in [9.17, 15) is 0 Å². The van der Waals surface area contributed by atoms with Gasteiger partial charge >= 0.3 is 0 Å². The number of nitrogens with zero attached hydrogens (tertiary/aromatic N) is 5. The number of thioether (sulfide) groups is 1. The van der Waals surface area contributed by atoms with Crippen molar-refractivity contribution in [2.24, 2.45) is 5.92 Å². The Morgan fingerprint density at radius 2 is 1.91 bits per heavy atom. The third kappa shape index (κ3) is 4.56. The summed E-state index contributed by atoms with van der Waals surface area (Å²) in [7, 11) is 1.68. The molecule has 1 fully saturated rings. The predicted octanol–water partition coefficient (Wildman–Crippen LogP) is 6.67. The molecule has 3 aromatic heterocycles. The molecule has 5 rings (SSSR count). The van der Waals surface area contributed by atoms with Gasteiger partial charge in [0.05, 0.1) is 17.2 Å². The minimum Gasteiger partial charge on any atom is -0.497 e. The molecule has 0 saturated heterocycles. The average Bonchev–Trinajstić information content (AvgIpc) is 3.60. The highest BCUT2D eigenvalue weighted by Crippen LogP contribution is 2.42. The number of thiophene rings is 1. The van der Waals surface area contributed by atoms with Crippen LogP contribution in [0, 0.1) is 5.92 Å². The maximum Gasteiger partial charge on any atom is 0.257 e. The number of aromatic nitrogens is 5. The highest BCUT2D eigenvalue weighted by Gasteiger charge is 2.30. The number of hydrogen-bond acceptors (Lipinski definition) is 8. The Hall–Kier alpha value is -2.65. The zero-order valence-electron chi connectivity index (χ0n) is 19.0. The number of benzene rings is 1. The molecule has 3 atom stereocenters. The fraction of sp³-hybridized carbons (Fsp3) is 0.417. The van der Waals surface area contributed by atoms with E-state index in [1.54, 1.807) is 30.2 Å². The molecular weight excluding hydrogens is 454 g/mol. The van der Waals surface area contributed by atoms with E-state index in [1.807, 2.05) is 29.6 Å².